The van der Waals surface area contributed by atoms with Crippen LogP contribution in [0.15, 0.2) is 12.1 Å². The lowest BCUT2D eigenvalue weighted by Gasteiger charge is -2.20. The molecule has 1 aromatic heterocycles. The second-order valence-electron chi connectivity index (χ2n) is 3.70. The molecule has 0 spiro atoms. The summed E-state index contributed by atoms with van der Waals surface area (Å²) in [7, 11) is 1.33. The summed E-state index contributed by atoms with van der Waals surface area (Å²) in [6.07, 6.45) is 2.26. The molecule has 1 aromatic rings. The van der Waals surface area contributed by atoms with Crippen LogP contribution in [0.2, 0.25) is 0 Å². The standard InChI is InChI=1S/C12H19N3O2/c1-4-6-9-15(5-2)11-8-7-10(13-14-11)12(16)17-3/h7-8H,4-6,9H2,1-3H3. The maximum Gasteiger partial charge on any atom is 0.358 e. The second kappa shape index (κ2) is 6.83. The zero-order valence-electron chi connectivity index (χ0n) is 10.6. The first kappa shape index (κ1) is 13.4. The van der Waals surface area contributed by atoms with Crippen molar-refractivity contribution in [2.24, 2.45) is 0 Å². The lowest BCUT2D eigenvalue weighted by atomic mass is 10.3. The highest BCUT2D eigenvalue weighted by Crippen LogP contribution is 2.10. The van der Waals surface area contributed by atoms with Gasteiger partial charge in [-0.15, -0.1) is 10.2 Å². The van der Waals surface area contributed by atoms with Crippen molar-refractivity contribution in [3.8, 4) is 0 Å². The fourth-order valence-electron chi connectivity index (χ4n) is 1.49. The van der Waals surface area contributed by atoms with Crippen LogP contribution in [-0.4, -0.2) is 36.4 Å². The number of methoxy groups -OCH3 is 1. The Morgan fingerprint density at radius 1 is 1.35 bits per heavy atom. The Kier molecular flexibility index (Phi) is 5.39. The monoisotopic (exact) mass is 237 g/mol. The summed E-state index contributed by atoms with van der Waals surface area (Å²) in [5, 5.41) is 7.91. The number of carbonyl (C=O) groups excluding carboxylic acids is 1. The van der Waals surface area contributed by atoms with Gasteiger partial charge in [0.25, 0.3) is 0 Å². The maximum absolute atomic E-state index is 11.2. The van der Waals surface area contributed by atoms with Gasteiger partial charge in [0, 0.05) is 13.1 Å². The van der Waals surface area contributed by atoms with E-state index in [2.05, 4.69) is 33.7 Å². The SMILES string of the molecule is CCCCN(CC)c1ccc(C(=O)OC)nn1. The number of ether oxygens (including phenoxy) is 1. The van der Waals surface area contributed by atoms with Gasteiger partial charge in [-0.25, -0.2) is 4.79 Å². The Hall–Kier alpha value is -1.65. The lowest BCUT2D eigenvalue weighted by Crippen LogP contribution is -2.25. The van der Waals surface area contributed by atoms with E-state index in [9.17, 15) is 4.79 Å². The molecule has 5 heteroatoms. The predicted molar refractivity (Wildman–Crippen MR) is 66.2 cm³/mol. The van der Waals surface area contributed by atoms with Gasteiger partial charge in [0.15, 0.2) is 11.5 Å². The number of rotatable bonds is 6. The molecule has 5 nitrogen and oxygen atoms in total. The number of aromatic nitrogens is 2. The van der Waals surface area contributed by atoms with Gasteiger partial charge in [0.2, 0.25) is 0 Å². The quantitative estimate of drug-likeness (QED) is 0.707. The van der Waals surface area contributed by atoms with Gasteiger partial charge >= 0.3 is 5.97 Å². The summed E-state index contributed by atoms with van der Waals surface area (Å²) in [6.45, 7) is 6.07. The minimum atomic E-state index is -0.458. The molecule has 0 radical (unpaired) electrons. The largest absolute Gasteiger partial charge is 0.464 e. The zero-order valence-corrected chi connectivity index (χ0v) is 10.6. The average molecular weight is 237 g/mol. The van der Waals surface area contributed by atoms with Crippen molar-refractivity contribution in [2.75, 3.05) is 25.1 Å². The molecule has 0 fully saturated rings. The van der Waals surface area contributed by atoms with Crippen molar-refractivity contribution in [1.29, 1.82) is 0 Å². The van der Waals surface area contributed by atoms with Crippen molar-refractivity contribution in [3.63, 3.8) is 0 Å². The average Bonchev–Trinajstić information content (AvgIpc) is 2.39. The third-order valence-electron chi connectivity index (χ3n) is 2.53. The van der Waals surface area contributed by atoms with Crippen LogP contribution >= 0.6 is 0 Å². The van der Waals surface area contributed by atoms with E-state index in [4.69, 9.17) is 0 Å². The molecule has 0 aromatic carbocycles. The van der Waals surface area contributed by atoms with Gasteiger partial charge in [-0.1, -0.05) is 13.3 Å². The van der Waals surface area contributed by atoms with E-state index in [0.29, 0.717) is 0 Å². The molecule has 1 rings (SSSR count). The van der Waals surface area contributed by atoms with E-state index >= 15 is 0 Å². The fourth-order valence-corrected chi connectivity index (χ4v) is 1.49. The Bertz CT molecular complexity index is 351. The molecule has 1 heterocycles. The molecule has 0 unspecified atom stereocenters. The van der Waals surface area contributed by atoms with Gasteiger partial charge in [-0.3, -0.25) is 0 Å². The molecular formula is C12H19N3O2. The normalized spacial score (nSPS) is 10.1. The molecule has 0 aliphatic carbocycles. The van der Waals surface area contributed by atoms with Crippen LogP contribution in [0, 0.1) is 0 Å². The van der Waals surface area contributed by atoms with E-state index in [1.54, 1.807) is 12.1 Å². The lowest BCUT2D eigenvalue weighted by molar-refractivity contribution is 0.0592. The van der Waals surface area contributed by atoms with Crippen LogP contribution < -0.4 is 4.90 Å². The predicted octanol–water partition coefficient (Wildman–Crippen LogP) is 1.89. The molecule has 0 amide bonds. The highest BCUT2D eigenvalue weighted by molar-refractivity contribution is 5.86. The third kappa shape index (κ3) is 3.69. The fraction of sp³-hybridized carbons (Fsp3) is 0.583. The van der Waals surface area contributed by atoms with E-state index in [-0.39, 0.29) is 5.69 Å². The molecule has 0 bridgehead atoms. The van der Waals surface area contributed by atoms with Crippen molar-refractivity contribution in [3.05, 3.63) is 17.8 Å². The Morgan fingerprint density at radius 3 is 2.59 bits per heavy atom. The van der Waals surface area contributed by atoms with Crippen LogP contribution in [0.25, 0.3) is 0 Å². The summed E-state index contributed by atoms with van der Waals surface area (Å²) in [5.41, 5.74) is 0.239. The number of unbranched alkanes of at least 4 members (excludes halogenated alkanes) is 1. The topological polar surface area (TPSA) is 55.3 Å². The molecule has 17 heavy (non-hydrogen) atoms. The van der Waals surface area contributed by atoms with E-state index < -0.39 is 5.97 Å². The van der Waals surface area contributed by atoms with Crippen molar-refractivity contribution < 1.29 is 9.53 Å². The van der Waals surface area contributed by atoms with Gasteiger partial charge in [-0.2, -0.15) is 0 Å². The van der Waals surface area contributed by atoms with Crippen molar-refractivity contribution >= 4 is 11.8 Å². The molecule has 0 atom stereocenters. The summed E-state index contributed by atoms with van der Waals surface area (Å²) < 4.78 is 4.57. The van der Waals surface area contributed by atoms with Crippen molar-refractivity contribution in [2.45, 2.75) is 26.7 Å². The first-order chi connectivity index (χ1) is 8.22. The summed E-state index contributed by atoms with van der Waals surface area (Å²) >= 11 is 0. The first-order valence-corrected chi connectivity index (χ1v) is 5.89. The summed E-state index contributed by atoms with van der Waals surface area (Å²) in [5.74, 6) is 0.342. The van der Waals surface area contributed by atoms with Crippen LogP contribution in [0.5, 0.6) is 0 Å². The zero-order chi connectivity index (χ0) is 12.7. The number of hydrogen-bond donors (Lipinski definition) is 0. The molecule has 0 N–H and O–H groups in total. The number of carbonyl (C=O) groups is 1. The molecule has 0 aliphatic heterocycles. The number of anilines is 1. The summed E-state index contributed by atoms with van der Waals surface area (Å²) in [4.78, 5) is 13.3. The van der Waals surface area contributed by atoms with Gasteiger partial charge < -0.3 is 9.64 Å². The van der Waals surface area contributed by atoms with Gasteiger partial charge in [0.1, 0.15) is 0 Å². The van der Waals surface area contributed by atoms with Crippen LogP contribution in [0.4, 0.5) is 5.82 Å². The minimum absolute atomic E-state index is 0.239. The van der Waals surface area contributed by atoms with E-state index in [1.807, 2.05) is 0 Å². The maximum atomic E-state index is 11.2. The number of esters is 1. The molecule has 0 saturated heterocycles. The molecule has 0 saturated carbocycles. The van der Waals surface area contributed by atoms with E-state index in [1.165, 1.54) is 7.11 Å². The van der Waals surface area contributed by atoms with E-state index in [0.717, 1.165) is 31.7 Å². The Labute approximate surface area is 102 Å². The number of nitrogens with zero attached hydrogens (tertiary/aromatic N) is 3. The van der Waals surface area contributed by atoms with Crippen LogP contribution in [0.3, 0.4) is 0 Å². The first-order valence-electron chi connectivity index (χ1n) is 5.89. The minimum Gasteiger partial charge on any atom is -0.464 e. The highest BCUT2D eigenvalue weighted by atomic mass is 16.5. The molecular weight excluding hydrogens is 218 g/mol. The summed E-state index contributed by atoms with van der Waals surface area (Å²) in [6, 6.07) is 3.45. The van der Waals surface area contributed by atoms with Gasteiger partial charge in [-0.05, 0) is 25.5 Å². The van der Waals surface area contributed by atoms with Gasteiger partial charge in [0.05, 0.1) is 7.11 Å². The third-order valence-corrected chi connectivity index (χ3v) is 2.53. The second-order valence-corrected chi connectivity index (χ2v) is 3.70. The smallest absolute Gasteiger partial charge is 0.358 e. The Morgan fingerprint density at radius 2 is 2.12 bits per heavy atom. The molecule has 94 valence electrons. The molecule has 0 aliphatic rings. The van der Waals surface area contributed by atoms with Crippen LogP contribution in [-0.2, 0) is 4.74 Å². The number of hydrogen-bond acceptors (Lipinski definition) is 5. The highest BCUT2D eigenvalue weighted by Gasteiger charge is 2.10. The Balaban J connectivity index is 2.74. The van der Waals surface area contributed by atoms with Crippen molar-refractivity contribution in [1.82, 2.24) is 10.2 Å². The van der Waals surface area contributed by atoms with Crippen LogP contribution in [0.1, 0.15) is 37.2 Å².